The molecule has 246 valence electrons. The van der Waals surface area contributed by atoms with Crippen molar-refractivity contribution in [1.29, 1.82) is 0 Å². The number of ketones is 2. The number of thiazole rings is 1. The molecular weight excluding hydrogens is 620 g/mol. The van der Waals surface area contributed by atoms with Gasteiger partial charge in [0.1, 0.15) is 22.8 Å². The Balaban J connectivity index is 1.41. The van der Waals surface area contributed by atoms with Crippen LogP contribution in [0, 0.1) is 18.8 Å². The Hall–Kier alpha value is -4.52. The van der Waals surface area contributed by atoms with E-state index >= 15 is 0 Å². The summed E-state index contributed by atoms with van der Waals surface area (Å²) >= 11 is 1.52. The van der Waals surface area contributed by atoms with Gasteiger partial charge in [-0.25, -0.2) is 4.98 Å². The summed E-state index contributed by atoms with van der Waals surface area (Å²) in [4.78, 5) is 47.9. The number of aliphatic hydroxyl groups excluding tert-OH is 2. The Labute approximate surface area is 276 Å². The fourth-order valence-electron chi connectivity index (χ4n) is 7.46. The van der Waals surface area contributed by atoms with Crippen LogP contribution in [-0.2, 0) is 33.6 Å². The van der Waals surface area contributed by atoms with Crippen molar-refractivity contribution in [2.45, 2.75) is 44.2 Å². The Morgan fingerprint density at radius 2 is 1.77 bits per heavy atom. The van der Waals surface area contributed by atoms with E-state index in [2.05, 4.69) is 0 Å². The average Bonchev–Trinajstić information content (AvgIpc) is 3.47. The van der Waals surface area contributed by atoms with Gasteiger partial charge in [-0.05, 0) is 63.4 Å². The third-order valence-electron chi connectivity index (χ3n) is 9.77. The lowest BCUT2D eigenvalue weighted by molar-refractivity contribution is -0.153. The summed E-state index contributed by atoms with van der Waals surface area (Å²) in [5.74, 6) is -6.63. The van der Waals surface area contributed by atoms with E-state index in [1.165, 1.54) is 16.2 Å². The second-order valence-corrected chi connectivity index (χ2v) is 14.0. The molecular formula is C35H38N4O7S. The molecule has 1 unspecified atom stereocenters. The van der Waals surface area contributed by atoms with Gasteiger partial charge in [0.2, 0.25) is 5.78 Å². The van der Waals surface area contributed by atoms with Crippen molar-refractivity contribution in [3.63, 3.8) is 0 Å². The van der Waals surface area contributed by atoms with E-state index in [0.717, 1.165) is 27.5 Å². The average molecular weight is 659 g/mol. The molecule has 0 saturated heterocycles. The van der Waals surface area contributed by atoms with Crippen LogP contribution < -0.4 is 10.6 Å². The van der Waals surface area contributed by atoms with Crippen molar-refractivity contribution < 1.29 is 34.8 Å². The maximum absolute atomic E-state index is 14.2. The SMILES string of the molecule is Cc1ccc(-c2csc(CCc3cc(N(C)C)c4c(c3O)C(O)=C3C(=O)[C@]5(O)C(O)=C(C(N)=O)C(=O)C(N(C)C)[C@@H]5C[C@@H]3C4)n2)cc1. The zero-order valence-corrected chi connectivity index (χ0v) is 27.7. The second kappa shape index (κ2) is 11.6. The number of nitrogens with zero attached hydrogens (tertiary/aromatic N) is 3. The molecule has 1 saturated carbocycles. The van der Waals surface area contributed by atoms with Crippen LogP contribution in [0.1, 0.15) is 33.7 Å². The van der Waals surface area contributed by atoms with Crippen LogP contribution in [0.15, 0.2) is 52.6 Å². The van der Waals surface area contributed by atoms with Crippen molar-refractivity contribution >= 4 is 40.3 Å². The molecule has 2 aromatic carbocycles. The van der Waals surface area contributed by atoms with E-state index in [-0.39, 0.29) is 29.7 Å². The van der Waals surface area contributed by atoms with Crippen molar-refractivity contribution in [3.8, 4) is 17.0 Å². The number of hydrogen-bond acceptors (Lipinski definition) is 11. The molecule has 3 aliphatic carbocycles. The van der Waals surface area contributed by atoms with Gasteiger partial charge in [0.05, 0.1) is 22.3 Å². The van der Waals surface area contributed by atoms with Crippen LogP contribution in [0.3, 0.4) is 0 Å². The normalized spacial score (nSPS) is 23.9. The first-order valence-corrected chi connectivity index (χ1v) is 16.3. The molecule has 1 amide bonds. The number of nitrogens with two attached hydrogens (primary N) is 1. The number of phenols is 1. The lowest BCUT2D eigenvalue weighted by atomic mass is 9.57. The molecule has 11 nitrogen and oxygen atoms in total. The Bertz CT molecular complexity index is 1890. The maximum atomic E-state index is 14.2. The largest absolute Gasteiger partial charge is 0.508 e. The van der Waals surface area contributed by atoms with Crippen LogP contribution in [-0.4, -0.2) is 87.6 Å². The number of hydrogen-bond donors (Lipinski definition) is 5. The molecule has 0 bridgehead atoms. The van der Waals surface area contributed by atoms with Gasteiger partial charge in [0.25, 0.3) is 5.91 Å². The summed E-state index contributed by atoms with van der Waals surface area (Å²) in [5, 5.41) is 49.2. The van der Waals surface area contributed by atoms with Crippen LogP contribution in [0.4, 0.5) is 5.69 Å². The zero-order chi connectivity index (χ0) is 34.1. The van der Waals surface area contributed by atoms with Gasteiger partial charge >= 0.3 is 0 Å². The van der Waals surface area contributed by atoms with E-state index in [0.29, 0.717) is 24.0 Å². The summed E-state index contributed by atoms with van der Waals surface area (Å²) in [5.41, 5.74) is 6.78. The highest BCUT2D eigenvalue weighted by molar-refractivity contribution is 7.09. The zero-order valence-electron chi connectivity index (χ0n) is 26.9. The quantitative estimate of drug-likeness (QED) is 0.237. The van der Waals surface area contributed by atoms with Crippen molar-refractivity contribution in [2.24, 2.45) is 17.6 Å². The first kappa shape index (κ1) is 32.4. The number of aromatic hydroxyl groups is 1. The fraction of sp³-hybridized carbons (Fsp3) is 0.371. The third kappa shape index (κ3) is 5.02. The van der Waals surface area contributed by atoms with Crippen LogP contribution in [0.5, 0.6) is 5.75 Å². The van der Waals surface area contributed by atoms with E-state index in [1.807, 2.05) is 61.6 Å². The minimum absolute atomic E-state index is 0.0362. The van der Waals surface area contributed by atoms with Crippen LogP contribution in [0.25, 0.3) is 17.0 Å². The second-order valence-electron chi connectivity index (χ2n) is 13.1. The van der Waals surface area contributed by atoms with Gasteiger partial charge in [0.15, 0.2) is 11.4 Å². The van der Waals surface area contributed by atoms with E-state index in [4.69, 9.17) is 10.7 Å². The first-order valence-electron chi connectivity index (χ1n) is 15.4. The third-order valence-corrected chi connectivity index (χ3v) is 10.7. The number of carbonyl (C=O) groups excluding carboxylic acids is 3. The molecule has 3 aromatic rings. The molecule has 1 fully saturated rings. The number of Topliss-reactive ketones (excluding diaryl/α,β-unsaturated/α-hetero) is 2. The van der Waals surface area contributed by atoms with Gasteiger partial charge in [-0.1, -0.05) is 29.8 Å². The number of fused-ring (bicyclic) bond motifs is 3. The smallest absolute Gasteiger partial charge is 0.255 e. The van der Waals surface area contributed by atoms with Crippen LogP contribution in [0.2, 0.25) is 0 Å². The summed E-state index contributed by atoms with van der Waals surface area (Å²) in [6.07, 6.45) is 1.17. The molecule has 0 radical (unpaired) electrons. The highest BCUT2D eigenvalue weighted by atomic mass is 32.1. The van der Waals surface area contributed by atoms with Crippen LogP contribution >= 0.6 is 11.3 Å². The van der Waals surface area contributed by atoms with Gasteiger partial charge in [0, 0.05) is 48.6 Å². The number of aromatic nitrogens is 1. The number of likely N-dealkylation sites (N-methyl/N-ethyl adjacent to an activating group) is 1. The van der Waals surface area contributed by atoms with Gasteiger partial charge < -0.3 is 31.1 Å². The number of aryl methyl sites for hydroxylation is 3. The number of amides is 1. The standard InChI is InChI=1S/C35H38N4O7S/c1-16-6-8-17(9-7-16)22-15-47-24(37-22)11-10-18-14-23(38(2)3)20-12-19-13-21-28(39(4)5)31(42)27(34(36)45)33(44)35(21,46)32(43)25(19)30(41)26(20)29(18)40/h6-9,14-15,19,21,28,40-41,44,46H,10-13H2,1-5H3,(H2,36,45)/t19-,21-,28?,35-/m0/s1. The molecule has 3 aliphatic rings. The van der Waals surface area contributed by atoms with E-state index in [1.54, 1.807) is 14.1 Å². The number of benzene rings is 2. The molecule has 4 atom stereocenters. The Morgan fingerprint density at radius 1 is 1.09 bits per heavy atom. The molecule has 6 N–H and O–H groups in total. The van der Waals surface area contributed by atoms with Gasteiger partial charge in [-0.2, -0.15) is 0 Å². The molecule has 0 aliphatic heterocycles. The lowest BCUT2D eigenvalue weighted by Gasteiger charge is -2.50. The Morgan fingerprint density at radius 3 is 2.38 bits per heavy atom. The summed E-state index contributed by atoms with van der Waals surface area (Å²) < 4.78 is 0. The minimum Gasteiger partial charge on any atom is -0.508 e. The van der Waals surface area contributed by atoms with E-state index in [9.17, 15) is 34.8 Å². The highest BCUT2D eigenvalue weighted by Gasteiger charge is 2.64. The number of carbonyl (C=O) groups is 3. The Kier molecular flexibility index (Phi) is 8.02. The molecule has 1 aromatic heterocycles. The molecule has 47 heavy (non-hydrogen) atoms. The first-order chi connectivity index (χ1) is 22.2. The lowest BCUT2D eigenvalue weighted by Crippen LogP contribution is -2.65. The number of primary amides is 1. The van der Waals surface area contributed by atoms with Crippen molar-refractivity contribution in [1.82, 2.24) is 9.88 Å². The molecule has 0 spiro atoms. The van der Waals surface area contributed by atoms with Gasteiger partial charge in [-0.3, -0.25) is 19.3 Å². The molecule has 6 rings (SSSR count). The van der Waals surface area contributed by atoms with Crippen molar-refractivity contribution in [2.75, 3.05) is 33.1 Å². The minimum atomic E-state index is -2.68. The summed E-state index contributed by atoms with van der Waals surface area (Å²) in [7, 11) is 6.85. The summed E-state index contributed by atoms with van der Waals surface area (Å²) in [6.45, 7) is 2.03. The number of phenolic OH excluding ortho intramolecular Hbond substituents is 1. The topological polar surface area (TPSA) is 178 Å². The number of anilines is 1. The van der Waals surface area contributed by atoms with Crippen molar-refractivity contribution in [3.05, 3.63) is 79.9 Å². The number of aliphatic hydroxyl groups is 3. The monoisotopic (exact) mass is 658 g/mol. The predicted molar refractivity (Wildman–Crippen MR) is 178 cm³/mol. The molecule has 12 heteroatoms. The molecule has 1 heterocycles. The maximum Gasteiger partial charge on any atom is 0.255 e. The highest BCUT2D eigenvalue weighted by Crippen LogP contribution is 2.54. The number of rotatable bonds is 7. The van der Waals surface area contributed by atoms with Gasteiger partial charge in [-0.15, -0.1) is 11.3 Å². The summed E-state index contributed by atoms with van der Waals surface area (Å²) in [6, 6.07) is 8.87. The fourth-order valence-corrected chi connectivity index (χ4v) is 8.27. The predicted octanol–water partition coefficient (Wildman–Crippen LogP) is 3.25. The van der Waals surface area contributed by atoms with E-state index < -0.39 is 58.0 Å².